The van der Waals surface area contributed by atoms with Gasteiger partial charge in [-0.1, -0.05) is 25.3 Å². The monoisotopic (exact) mass is 295 g/mol. The van der Waals surface area contributed by atoms with Crippen molar-refractivity contribution in [2.75, 3.05) is 21.3 Å². The molecule has 0 bridgehead atoms. The van der Waals surface area contributed by atoms with Crippen molar-refractivity contribution >= 4 is 0 Å². The lowest BCUT2D eigenvalue weighted by Gasteiger charge is -2.35. The quantitative estimate of drug-likeness (QED) is 0.868. The van der Waals surface area contributed by atoms with Gasteiger partial charge in [0.15, 0.2) is 0 Å². The van der Waals surface area contributed by atoms with Gasteiger partial charge in [0.2, 0.25) is 0 Å². The summed E-state index contributed by atoms with van der Waals surface area (Å²) < 4.78 is 25.2. The second kappa shape index (κ2) is 7.76. The molecule has 1 aromatic carbocycles. The molecule has 0 saturated heterocycles. The van der Waals surface area contributed by atoms with Crippen LogP contribution in [0.3, 0.4) is 0 Å². The molecule has 2 unspecified atom stereocenters. The van der Waals surface area contributed by atoms with E-state index in [1.165, 1.54) is 25.3 Å². The molecule has 1 aromatic rings. The summed E-state index contributed by atoms with van der Waals surface area (Å²) in [5.41, 5.74) is 0.649. The SMILES string of the molecule is CNC(c1ccc(OC)cc1F)C(OC)C1CCCCC1. The molecule has 0 aromatic heterocycles. The Balaban J connectivity index is 2.23. The van der Waals surface area contributed by atoms with E-state index in [0.717, 1.165) is 12.8 Å². The van der Waals surface area contributed by atoms with Gasteiger partial charge in [-0.2, -0.15) is 0 Å². The lowest BCUT2D eigenvalue weighted by atomic mass is 9.81. The summed E-state index contributed by atoms with van der Waals surface area (Å²) in [4.78, 5) is 0. The van der Waals surface area contributed by atoms with Crippen LogP contribution in [0.5, 0.6) is 5.75 Å². The number of methoxy groups -OCH3 is 2. The van der Waals surface area contributed by atoms with Crippen molar-refractivity contribution < 1.29 is 13.9 Å². The molecule has 21 heavy (non-hydrogen) atoms. The number of likely N-dealkylation sites (N-methyl/N-ethyl adjacent to an activating group) is 1. The molecule has 4 heteroatoms. The fourth-order valence-electron chi connectivity index (χ4n) is 3.45. The van der Waals surface area contributed by atoms with Crippen LogP contribution in [0.4, 0.5) is 4.39 Å². The van der Waals surface area contributed by atoms with Crippen molar-refractivity contribution in [2.24, 2.45) is 5.92 Å². The van der Waals surface area contributed by atoms with Gasteiger partial charge >= 0.3 is 0 Å². The Hall–Kier alpha value is -1.13. The van der Waals surface area contributed by atoms with Crippen LogP contribution >= 0.6 is 0 Å². The van der Waals surface area contributed by atoms with E-state index in [-0.39, 0.29) is 18.0 Å². The van der Waals surface area contributed by atoms with E-state index in [1.54, 1.807) is 26.4 Å². The number of rotatable bonds is 6. The van der Waals surface area contributed by atoms with E-state index in [1.807, 2.05) is 7.05 Å². The average molecular weight is 295 g/mol. The topological polar surface area (TPSA) is 30.5 Å². The minimum atomic E-state index is -0.244. The highest BCUT2D eigenvalue weighted by atomic mass is 19.1. The zero-order valence-electron chi connectivity index (χ0n) is 13.2. The first-order valence-corrected chi connectivity index (χ1v) is 7.74. The van der Waals surface area contributed by atoms with Gasteiger partial charge in [-0.3, -0.25) is 0 Å². The van der Waals surface area contributed by atoms with Gasteiger partial charge in [-0.25, -0.2) is 4.39 Å². The average Bonchev–Trinajstić information content (AvgIpc) is 2.53. The zero-order chi connectivity index (χ0) is 15.2. The molecule has 2 rings (SSSR count). The van der Waals surface area contributed by atoms with Crippen LogP contribution < -0.4 is 10.1 Å². The van der Waals surface area contributed by atoms with E-state index in [2.05, 4.69) is 5.32 Å². The predicted molar refractivity (Wildman–Crippen MR) is 82.1 cm³/mol. The largest absolute Gasteiger partial charge is 0.497 e. The van der Waals surface area contributed by atoms with E-state index >= 15 is 0 Å². The van der Waals surface area contributed by atoms with Crippen molar-refractivity contribution in [1.82, 2.24) is 5.32 Å². The van der Waals surface area contributed by atoms with E-state index in [0.29, 0.717) is 17.2 Å². The predicted octanol–water partition coefficient (Wildman–Crippen LogP) is 3.69. The summed E-state index contributed by atoms with van der Waals surface area (Å²) in [5, 5.41) is 3.24. The van der Waals surface area contributed by atoms with Crippen molar-refractivity contribution in [3.63, 3.8) is 0 Å². The Labute approximate surface area is 126 Å². The van der Waals surface area contributed by atoms with Gasteiger partial charge < -0.3 is 14.8 Å². The number of benzene rings is 1. The van der Waals surface area contributed by atoms with Crippen LogP contribution in [0.25, 0.3) is 0 Å². The fraction of sp³-hybridized carbons (Fsp3) is 0.647. The highest BCUT2D eigenvalue weighted by Gasteiger charge is 2.32. The molecule has 1 saturated carbocycles. The number of halogens is 1. The molecule has 3 nitrogen and oxygen atoms in total. The molecule has 1 aliphatic rings. The lowest BCUT2D eigenvalue weighted by molar-refractivity contribution is 0.00856. The van der Waals surface area contributed by atoms with E-state index < -0.39 is 0 Å². The van der Waals surface area contributed by atoms with Gasteiger partial charge in [0, 0.05) is 18.7 Å². The number of nitrogens with one attached hydrogen (secondary N) is 1. The highest BCUT2D eigenvalue weighted by molar-refractivity contribution is 5.31. The van der Waals surface area contributed by atoms with Crippen molar-refractivity contribution in [2.45, 2.75) is 44.2 Å². The number of hydrogen-bond acceptors (Lipinski definition) is 3. The summed E-state index contributed by atoms with van der Waals surface area (Å²) in [6.07, 6.45) is 6.10. The smallest absolute Gasteiger partial charge is 0.131 e. The second-order valence-corrected chi connectivity index (χ2v) is 5.75. The van der Waals surface area contributed by atoms with Gasteiger partial charge in [-0.05, 0) is 31.9 Å². The first kappa shape index (κ1) is 16.2. The second-order valence-electron chi connectivity index (χ2n) is 5.75. The summed E-state index contributed by atoms with van der Waals surface area (Å²) in [5.74, 6) is 0.784. The Morgan fingerprint density at radius 1 is 1.19 bits per heavy atom. The van der Waals surface area contributed by atoms with Crippen LogP contribution in [0, 0.1) is 11.7 Å². The van der Waals surface area contributed by atoms with Crippen molar-refractivity contribution in [1.29, 1.82) is 0 Å². The molecule has 0 spiro atoms. The molecule has 0 aliphatic heterocycles. The van der Waals surface area contributed by atoms with Gasteiger partial charge in [0.05, 0.1) is 19.3 Å². The number of ether oxygens (including phenoxy) is 2. The molecule has 0 amide bonds. The van der Waals surface area contributed by atoms with E-state index in [9.17, 15) is 4.39 Å². The third kappa shape index (κ3) is 3.74. The Morgan fingerprint density at radius 2 is 1.90 bits per heavy atom. The zero-order valence-corrected chi connectivity index (χ0v) is 13.2. The van der Waals surface area contributed by atoms with Gasteiger partial charge in [0.1, 0.15) is 11.6 Å². The molecule has 2 atom stereocenters. The molecular formula is C17H26FNO2. The summed E-state index contributed by atoms with van der Waals surface area (Å²) in [7, 11) is 5.14. The van der Waals surface area contributed by atoms with Crippen LogP contribution in [0.2, 0.25) is 0 Å². The molecule has 1 fully saturated rings. The van der Waals surface area contributed by atoms with Crippen LogP contribution in [0.15, 0.2) is 18.2 Å². The first-order chi connectivity index (χ1) is 10.2. The maximum Gasteiger partial charge on any atom is 0.131 e. The molecule has 1 N–H and O–H groups in total. The maximum atomic E-state index is 14.4. The van der Waals surface area contributed by atoms with Crippen LogP contribution in [-0.2, 0) is 4.74 Å². The first-order valence-electron chi connectivity index (χ1n) is 7.74. The minimum absolute atomic E-state index is 0.00167. The minimum Gasteiger partial charge on any atom is -0.497 e. The Morgan fingerprint density at radius 3 is 2.43 bits per heavy atom. The van der Waals surface area contributed by atoms with Crippen LogP contribution in [-0.4, -0.2) is 27.4 Å². The normalized spacial score (nSPS) is 19.2. The molecule has 1 aliphatic carbocycles. The summed E-state index contributed by atoms with van der Waals surface area (Å²) >= 11 is 0. The van der Waals surface area contributed by atoms with Gasteiger partial charge in [0.25, 0.3) is 0 Å². The van der Waals surface area contributed by atoms with Crippen molar-refractivity contribution in [3.8, 4) is 5.75 Å². The third-order valence-electron chi connectivity index (χ3n) is 4.57. The van der Waals surface area contributed by atoms with E-state index in [4.69, 9.17) is 9.47 Å². The Kier molecular flexibility index (Phi) is 6.00. The lowest BCUT2D eigenvalue weighted by Crippen LogP contribution is -2.38. The van der Waals surface area contributed by atoms with Crippen LogP contribution in [0.1, 0.15) is 43.7 Å². The number of hydrogen-bond donors (Lipinski definition) is 1. The standard InChI is InChI=1S/C17H26FNO2/c1-19-16(14-10-9-13(20-2)11-15(14)18)17(21-3)12-7-5-4-6-8-12/h9-12,16-17,19H,4-8H2,1-3H3. The summed E-state index contributed by atoms with van der Waals surface area (Å²) in [6, 6.07) is 4.90. The molecule has 118 valence electrons. The van der Waals surface area contributed by atoms with Crippen molar-refractivity contribution in [3.05, 3.63) is 29.6 Å². The molecule has 0 radical (unpaired) electrons. The summed E-state index contributed by atoms with van der Waals surface area (Å²) in [6.45, 7) is 0. The maximum absolute atomic E-state index is 14.4. The fourth-order valence-corrected chi connectivity index (χ4v) is 3.45. The molecular weight excluding hydrogens is 269 g/mol. The highest BCUT2D eigenvalue weighted by Crippen LogP contribution is 2.35. The third-order valence-corrected chi connectivity index (χ3v) is 4.57. The molecule has 0 heterocycles. The Bertz CT molecular complexity index is 446. The van der Waals surface area contributed by atoms with Gasteiger partial charge in [-0.15, -0.1) is 0 Å².